The van der Waals surface area contributed by atoms with E-state index in [-0.39, 0.29) is 24.2 Å². The highest BCUT2D eigenvalue weighted by Crippen LogP contribution is 2.32. The van der Waals surface area contributed by atoms with E-state index in [4.69, 9.17) is 5.26 Å². The van der Waals surface area contributed by atoms with E-state index in [1.54, 1.807) is 0 Å². The Balaban J connectivity index is 2.40. The fourth-order valence-electron chi connectivity index (χ4n) is 2.01. The highest BCUT2D eigenvalue weighted by Gasteiger charge is 2.31. The molecule has 0 saturated carbocycles. The molecular weight excluding hydrogens is 307 g/mol. The first-order valence-electron chi connectivity index (χ1n) is 6.69. The number of aromatic nitrogens is 1. The summed E-state index contributed by atoms with van der Waals surface area (Å²) in [7, 11) is 0. The number of hydrogen-bond donors (Lipinski definition) is 0. The minimum atomic E-state index is -4.50. The Morgan fingerprint density at radius 2 is 1.91 bits per heavy atom. The van der Waals surface area contributed by atoms with Crippen molar-refractivity contribution in [3.63, 3.8) is 0 Å². The molecule has 1 aromatic heterocycles. The molecule has 2 aromatic rings. The van der Waals surface area contributed by atoms with Gasteiger partial charge in [-0.15, -0.1) is 0 Å². The van der Waals surface area contributed by atoms with Crippen LogP contribution in [-0.2, 0) is 6.18 Å². The Hall–Kier alpha value is -2.88. The monoisotopic (exact) mass is 319 g/mol. The summed E-state index contributed by atoms with van der Waals surface area (Å²) in [6.45, 7) is -0.00103. The van der Waals surface area contributed by atoms with Crippen molar-refractivity contribution in [2.45, 2.75) is 12.6 Å². The van der Waals surface area contributed by atoms with Gasteiger partial charge in [-0.05, 0) is 30.3 Å². The first-order chi connectivity index (χ1) is 10.9. The number of nitrogens with zero attached hydrogens (tertiary/aromatic N) is 3. The van der Waals surface area contributed by atoms with Gasteiger partial charge in [0.25, 0.3) is 5.91 Å². The van der Waals surface area contributed by atoms with E-state index in [0.29, 0.717) is 0 Å². The predicted molar refractivity (Wildman–Crippen MR) is 77.6 cm³/mol. The van der Waals surface area contributed by atoms with Crippen LogP contribution in [0.4, 0.5) is 18.9 Å². The van der Waals surface area contributed by atoms with Crippen molar-refractivity contribution >= 4 is 11.6 Å². The molecule has 0 radical (unpaired) electrons. The molecule has 0 aliphatic rings. The van der Waals surface area contributed by atoms with Crippen LogP contribution in [-0.4, -0.2) is 17.4 Å². The van der Waals surface area contributed by atoms with E-state index in [1.807, 2.05) is 6.07 Å². The van der Waals surface area contributed by atoms with Crippen LogP contribution in [0.15, 0.2) is 48.8 Å². The second-order valence-corrected chi connectivity index (χ2v) is 4.65. The predicted octanol–water partition coefficient (Wildman–Crippen LogP) is 3.66. The van der Waals surface area contributed by atoms with E-state index >= 15 is 0 Å². The number of amides is 1. The lowest BCUT2D eigenvalue weighted by Gasteiger charge is -2.22. The number of carbonyl (C=O) groups is 1. The van der Waals surface area contributed by atoms with Crippen LogP contribution in [0.2, 0.25) is 0 Å². The Morgan fingerprint density at radius 1 is 1.22 bits per heavy atom. The minimum absolute atomic E-state index is 0.00103. The van der Waals surface area contributed by atoms with Gasteiger partial charge in [0.2, 0.25) is 0 Å². The molecule has 0 fully saturated rings. The Kier molecular flexibility index (Phi) is 4.96. The zero-order valence-electron chi connectivity index (χ0n) is 11.9. The Bertz CT molecular complexity index is 723. The molecule has 0 atom stereocenters. The van der Waals surface area contributed by atoms with Crippen LogP contribution < -0.4 is 4.90 Å². The zero-order valence-corrected chi connectivity index (χ0v) is 11.9. The van der Waals surface area contributed by atoms with Crippen molar-refractivity contribution in [3.05, 3.63) is 59.9 Å². The molecule has 0 aliphatic carbocycles. The topological polar surface area (TPSA) is 57.0 Å². The third-order valence-electron chi connectivity index (χ3n) is 3.10. The van der Waals surface area contributed by atoms with E-state index in [9.17, 15) is 18.0 Å². The van der Waals surface area contributed by atoms with Gasteiger partial charge in [0, 0.05) is 30.2 Å². The number of rotatable bonds is 4. The molecule has 0 aliphatic heterocycles. The fourth-order valence-corrected chi connectivity index (χ4v) is 2.01. The third-order valence-corrected chi connectivity index (χ3v) is 3.10. The van der Waals surface area contributed by atoms with Gasteiger partial charge in [0.1, 0.15) is 0 Å². The molecule has 118 valence electrons. The number of hydrogen-bond acceptors (Lipinski definition) is 3. The molecule has 1 amide bonds. The molecule has 0 spiro atoms. The van der Waals surface area contributed by atoms with Gasteiger partial charge in [-0.1, -0.05) is 6.07 Å². The molecule has 2 rings (SSSR count). The minimum Gasteiger partial charge on any atom is -0.307 e. The van der Waals surface area contributed by atoms with Crippen LogP contribution in [0.25, 0.3) is 0 Å². The van der Waals surface area contributed by atoms with Crippen molar-refractivity contribution in [1.29, 1.82) is 5.26 Å². The summed E-state index contributed by atoms with van der Waals surface area (Å²) in [4.78, 5) is 17.5. The van der Waals surface area contributed by atoms with Gasteiger partial charge in [-0.2, -0.15) is 18.4 Å². The van der Waals surface area contributed by atoms with Crippen molar-refractivity contribution in [2.24, 2.45) is 0 Å². The van der Waals surface area contributed by atoms with E-state index in [0.717, 1.165) is 17.0 Å². The molecule has 0 saturated heterocycles. The van der Waals surface area contributed by atoms with Gasteiger partial charge in [-0.3, -0.25) is 9.78 Å². The number of nitriles is 1. The van der Waals surface area contributed by atoms with E-state index in [1.165, 1.54) is 36.7 Å². The van der Waals surface area contributed by atoms with Crippen molar-refractivity contribution in [1.82, 2.24) is 4.98 Å². The second-order valence-electron chi connectivity index (χ2n) is 4.65. The molecule has 1 heterocycles. The first-order valence-corrected chi connectivity index (χ1v) is 6.69. The van der Waals surface area contributed by atoms with Crippen LogP contribution in [0, 0.1) is 11.3 Å². The second kappa shape index (κ2) is 6.92. The smallest absolute Gasteiger partial charge is 0.307 e. The number of pyridine rings is 1. The molecule has 7 heteroatoms. The maximum absolute atomic E-state index is 12.8. The number of halogens is 3. The lowest BCUT2D eigenvalue weighted by Crippen LogP contribution is -2.32. The number of alkyl halides is 3. The number of benzene rings is 1. The van der Waals surface area contributed by atoms with Crippen LogP contribution in [0.5, 0.6) is 0 Å². The van der Waals surface area contributed by atoms with Crippen molar-refractivity contribution < 1.29 is 18.0 Å². The lowest BCUT2D eigenvalue weighted by molar-refractivity contribution is -0.137. The summed E-state index contributed by atoms with van der Waals surface area (Å²) < 4.78 is 38.5. The summed E-state index contributed by atoms with van der Waals surface area (Å²) in [5.74, 6) is -0.484. The number of anilines is 1. The van der Waals surface area contributed by atoms with Gasteiger partial charge in [-0.25, -0.2) is 0 Å². The van der Waals surface area contributed by atoms with E-state index < -0.39 is 17.6 Å². The van der Waals surface area contributed by atoms with Crippen LogP contribution in [0.3, 0.4) is 0 Å². The largest absolute Gasteiger partial charge is 0.416 e. The normalized spacial score (nSPS) is 10.9. The summed E-state index contributed by atoms with van der Waals surface area (Å²) in [5, 5.41) is 8.72. The molecule has 23 heavy (non-hydrogen) atoms. The molecule has 1 aromatic carbocycles. The van der Waals surface area contributed by atoms with Crippen molar-refractivity contribution in [3.8, 4) is 6.07 Å². The van der Waals surface area contributed by atoms with Crippen molar-refractivity contribution in [2.75, 3.05) is 11.4 Å². The van der Waals surface area contributed by atoms with Gasteiger partial charge < -0.3 is 4.90 Å². The molecule has 0 unspecified atom stereocenters. The SMILES string of the molecule is N#CCCN(C(=O)c1ccncc1)c1cccc(C(F)(F)F)c1. The lowest BCUT2D eigenvalue weighted by atomic mass is 10.1. The number of carbonyl (C=O) groups excluding carboxylic acids is 1. The molecule has 0 bridgehead atoms. The average molecular weight is 319 g/mol. The van der Waals surface area contributed by atoms with Crippen LogP contribution in [0.1, 0.15) is 22.3 Å². The fraction of sp³-hybridized carbons (Fsp3) is 0.188. The molecule has 0 N–H and O–H groups in total. The van der Waals surface area contributed by atoms with Gasteiger partial charge in [0.15, 0.2) is 0 Å². The standard InChI is InChI=1S/C16H12F3N3O/c17-16(18,19)13-3-1-4-14(11-13)22(10-2-7-20)15(23)12-5-8-21-9-6-12/h1,3-6,8-9,11H,2,10H2. The molecule has 4 nitrogen and oxygen atoms in total. The first kappa shape index (κ1) is 16.5. The maximum Gasteiger partial charge on any atom is 0.416 e. The van der Waals surface area contributed by atoms with Crippen LogP contribution >= 0.6 is 0 Å². The highest BCUT2D eigenvalue weighted by molar-refractivity contribution is 6.06. The average Bonchev–Trinajstić information content (AvgIpc) is 2.55. The zero-order chi connectivity index (χ0) is 16.9. The van der Waals surface area contributed by atoms with Gasteiger partial charge in [0.05, 0.1) is 18.1 Å². The highest BCUT2D eigenvalue weighted by atomic mass is 19.4. The summed E-state index contributed by atoms with van der Waals surface area (Å²) in [6, 6.07) is 9.30. The maximum atomic E-state index is 12.8. The van der Waals surface area contributed by atoms with E-state index in [2.05, 4.69) is 4.98 Å². The summed E-state index contributed by atoms with van der Waals surface area (Å²) >= 11 is 0. The van der Waals surface area contributed by atoms with Gasteiger partial charge >= 0.3 is 6.18 Å². The Morgan fingerprint density at radius 3 is 2.52 bits per heavy atom. The Labute approximate surface area is 130 Å². The third kappa shape index (κ3) is 4.07. The molecular formula is C16H12F3N3O. The summed E-state index contributed by atoms with van der Waals surface area (Å²) in [6.07, 6.45) is -1.66. The summed E-state index contributed by atoms with van der Waals surface area (Å²) in [5.41, 5.74) is -0.466. The quantitative estimate of drug-likeness (QED) is 0.864.